The quantitative estimate of drug-likeness (QED) is 0.370. The van der Waals surface area contributed by atoms with Gasteiger partial charge in [-0.05, 0) is 43.3 Å². The van der Waals surface area contributed by atoms with E-state index in [0.29, 0.717) is 28.4 Å². The number of para-hydroxylation sites is 1. The number of hydrogen-bond acceptors (Lipinski definition) is 6. The molecule has 0 aliphatic carbocycles. The average Bonchev–Trinajstić information content (AvgIpc) is 3.12. The summed E-state index contributed by atoms with van der Waals surface area (Å²) >= 11 is 1.45. The van der Waals surface area contributed by atoms with Crippen LogP contribution in [0.1, 0.15) is 12.7 Å². The van der Waals surface area contributed by atoms with Gasteiger partial charge in [0.25, 0.3) is 5.56 Å². The molecule has 4 aromatic rings. The Balaban J connectivity index is 1.81. The summed E-state index contributed by atoms with van der Waals surface area (Å²) in [5.74, 6) is 2.13. The molecule has 0 fully saturated rings. The van der Waals surface area contributed by atoms with Crippen molar-refractivity contribution in [1.29, 1.82) is 0 Å². The van der Waals surface area contributed by atoms with Crippen molar-refractivity contribution in [2.75, 3.05) is 6.61 Å². The molecule has 0 saturated carbocycles. The number of thioether (sulfide) groups is 1. The van der Waals surface area contributed by atoms with Crippen LogP contribution in [0.15, 0.2) is 64.8 Å². The number of rotatable bonds is 6. The third-order valence-corrected chi connectivity index (χ3v) is 5.22. The molecule has 7 nitrogen and oxygen atoms in total. The number of hydrogen-bond donors (Lipinski definition) is 0. The van der Waals surface area contributed by atoms with Gasteiger partial charge in [-0.3, -0.25) is 14.0 Å². The van der Waals surface area contributed by atoms with Crippen molar-refractivity contribution in [3.05, 3.63) is 71.0 Å². The van der Waals surface area contributed by atoms with Gasteiger partial charge < -0.3 is 4.74 Å². The Labute approximate surface area is 166 Å². The van der Waals surface area contributed by atoms with Gasteiger partial charge in [0.05, 0.1) is 29.0 Å². The predicted molar refractivity (Wildman–Crippen MR) is 109 cm³/mol. The Morgan fingerprint density at radius 3 is 2.61 bits per heavy atom. The van der Waals surface area contributed by atoms with Gasteiger partial charge in [-0.25, -0.2) is 9.97 Å². The molecule has 2 aromatic heterocycles. The molecule has 2 aromatic carbocycles. The van der Waals surface area contributed by atoms with Crippen molar-refractivity contribution in [3.63, 3.8) is 0 Å². The molecule has 0 saturated heterocycles. The summed E-state index contributed by atoms with van der Waals surface area (Å²) in [6.45, 7) is 2.53. The van der Waals surface area contributed by atoms with Crippen molar-refractivity contribution in [2.24, 2.45) is 7.05 Å². The molecule has 0 amide bonds. The number of aryl methyl sites for hydroxylation is 1. The van der Waals surface area contributed by atoms with Gasteiger partial charge in [0.1, 0.15) is 17.9 Å². The highest BCUT2D eigenvalue weighted by atomic mass is 32.2. The summed E-state index contributed by atoms with van der Waals surface area (Å²) in [5, 5.41) is 5.28. The number of aromatic nitrogens is 5. The van der Waals surface area contributed by atoms with Gasteiger partial charge in [-0.1, -0.05) is 23.9 Å². The van der Waals surface area contributed by atoms with Crippen LogP contribution in [0.4, 0.5) is 0 Å². The topological polar surface area (TPSA) is 74.8 Å². The molecular weight excluding hydrogens is 374 g/mol. The number of ether oxygens (including phenoxy) is 1. The summed E-state index contributed by atoms with van der Waals surface area (Å²) in [6, 6.07) is 14.8. The van der Waals surface area contributed by atoms with Crippen LogP contribution in [0.25, 0.3) is 16.6 Å². The van der Waals surface area contributed by atoms with Crippen molar-refractivity contribution in [2.45, 2.75) is 17.8 Å². The van der Waals surface area contributed by atoms with E-state index in [1.54, 1.807) is 15.3 Å². The highest BCUT2D eigenvalue weighted by molar-refractivity contribution is 7.98. The minimum absolute atomic E-state index is 0.102. The fraction of sp³-hybridized carbons (Fsp3) is 0.200. The Morgan fingerprint density at radius 2 is 1.89 bits per heavy atom. The maximum absolute atomic E-state index is 13.2. The molecule has 2 heterocycles. The second-order valence-corrected chi connectivity index (χ2v) is 7.01. The van der Waals surface area contributed by atoms with Crippen molar-refractivity contribution in [3.8, 4) is 11.4 Å². The van der Waals surface area contributed by atoms with E-state index in [4.69, 9.17) is 9.72 Å². The minimum Gasteiger partial charge on any atom is -0.494 e. The minimum atomic E-state index is -0.102. The van der Waals surface area contributed by atoms with Crippen LogP contribution in [0.2, 0.25) is 0 Å². The molecule has 28 heavy (non-hydrogen) atoms. The zero-order chi connectivity index (χ0) is 19.5. The van der Waals surface area contributed by atoms with E-state index in [1.807, 2.05) is 56.4 Å². The number of fused-ring (bicyclic) bond motifs is 1. The third-order valence-electron chi connectivity index (χ3n) is 4.29. The molecule has 0 radical (unpaired) electrons. The molecule has 0 bridgehead atoms. The summed E-state index contributed by atoms with van der Waals surface area (Å²) in [4.78, 5) is 22.2. The zero-order valence-corrected chi connectivity index (χ0v) is 16.4. The fourth-order valence-corrected chi connectivity index (χ4v) is 3.87. The SMILES string of the molecule is CCOc1ccc(-n2c(SCc3ncnn3C)nc3ccccc3c2=O)cc1. The summed E-state index contributed by atoms with van der Waals surface area (Å²) in [5.41, 5.74) is 1.32. The highest BCUT2D eigenvalue weighted by Crippen LogP contribution is 2.25. The van der Waals surface area contributed by atoms with Crippen molar-refractivity contribution < 1.29 is 4.74 Å². The molecule has 0 aliphatic rings. The van der Waals surface area contributed by atoms with Crippen LogP contribution < -0.4 is 10.3 Å². The van der Waals surface area contributed by atoms with E-state index >= 15 is 0 Å². The summed E-state index contributed by atoms with van der Waals surface area (Å²) in [7, 11) is 1.84. The van der Waals surface area contributed by atoms with Gasteiger partial charge in [-0.15, -0.1) is 0 Å². The summed E-state index contributed by atoms with van der Waals surface area (Å²) in [6.07, 6.45) is 1.52. The second kappa shape index (κ2) is 7.85. The average molecular weight is 393 g/mol. The first-order valence-corrected chi connectivity index (χ1v) is 9.86. The molecule has 0 aliphatic heterocycles. The second-order valence-electron chi connectivity index (χ2n) is 6.07. The zero-order valence-electron chi connectivity index (χ0n) is 15.6. The molecule has 4 rings (SSSR count). The Hall–Kier alpha value is -3.13. The number of benzene rings is 2. The normalized spacial score (nSPS) is 11.1. The van der Waals surface area contributed by atoms with E-state index in [9.17, 15) is 4.79 Å². The van der Waals surface area contributed by atoms with Crippen LogP contribution in [-0.4, -0.2) is 30.9 Å². The van der Waals surface area contributed by atoms with Crippen molar-refractivity contribution >= 4 is 22.7 Å². The van der Waals surface area contributed by atoms with E-state index in [0.717, 1.165) is 17.3 Å². The fourth-order valence-electron chi connectivity index (χ4n) is 2.87. The molecular formula is C20H19N5O2S. The lowest BCUT2D eigenvalue weighted by molar-refractivity contribution is 0.340. The van der Waals surface area contributed by atoms with Crippen molar-refractivity contribution in [1.82, 2.24) is 24.3 Å². The first kappa shape index (κ1) is 18.2. The Bertz CT molecular complexity index is 1170. The van der Waals surface area contributed by atoms with Gasteiger partial charge in [-0.2, -0.15) is 5.10 Å². The molecule has 0 unspecified atom stereocenters. The number of nitrogens with zero attached hydrogens (tertiary/aromatic N) is 5. The third kappa shape index (κ3) is 3.50. The predicted octanol–water partition coefficient (Wildman–Crippen LogP) is 3.21. The van der Waals surface area contributed by atoms with Gasteiger partial charge in [0, 0.05) is 7.05 Å². The van der Waals surface area contributed by atoms with E-state index < -0.39 is 0 Å². The first-order valence-electron chi connectivity index (χ1n) is 8.88. The molecule has 8 heteroatoms. The van der Waals surface area contributed by atoms with Crippen LogP contribution in [0.5, 0.6) is 5.75 Å². The van der Waals surface area contributed by atoms with E-state index in [2.05, 4.69) is 10.1 Å². The molecule has 142 valence electrons. The smallest absolute Gasteiger partial charge is 0.266 e. The summed E-state index contributed by atoms with van der Waals surface area (Å²) < 4.78 is 8.86. The Morgan fingerprint density at radius 1 is 1.11 bits per heavy atom. The Kier molecular flexibility index (Phi) is 5.12. The maximum atomic E-state index is 13.2. The van der Waals surface area contributed by atoms with Gasteiger partial charge in [0.2, 0.25) is 0 Å². The monoisotopic (exact) mass is 393 g/mol. The first-order chi connectivity index (χ1) is 13.7. The largest absolute Gasteiger partial charge is 0.494 e. The highest BCUT2D eigenvalue weighted by Gasteiger charge is 2.14. The van der Waals surface area contributed by atoms with Crippen LogP contribution >= 0.6 is 11.8 Å². The van der Waals surface area contributed by atoms with Gasteiger partial charge in [0.15, 0.2) is 5.16 Å². The lowest BCUT2D eigenvalue weighted by Crippen LogP contribution is -2.21. The van der Waals surface area contributed by atoms with Crippen LogP contribution in [0, 0.1) is 0 Å². The molecule has 0 N–H and O–H groups in total. The standard InChI is InChI=1S/C20H19N5O2S/c1-3-27-15-10-8-14(9-11-15)25-19(26)16-6-4-5-7-17(16)23-20(25)28-12-18-21-13-22-24(18)2/h4-11,13H,3,12H2,1-2H3. The maximum Gasteiger partial charge on any atom is 0.266 e. The van der Waals surface area contributed by atoms with E-state index in [1.165, 1.54) is 18.1 Å². The lowest BCUT2D eigenvalue weighted by atomic mass is 10.2. The van der Waals surface area contributed by atoms with Gasteiger partial charge >= 0.3 is 0 Å². The van der Waals surface area contributed by atoms with E-state index in [-0.39, 0.29) is 5.56 Å². The molecule has 0 atom stereocenters. The molecule has 0 spiro atoms. The van der Waals surface area contributed by atoms with Crippen LogP contribution in [0.3, 0.4) is 0 Å². The van der Waals surface area contributed by atoms with Crippen LogP contribution in [-0.2, 0) is 12.8 Å². The lowest BCUT2D eigenvalue weighted by Gasteiger charge is -2.13.